The van der Waals surface area contributed by atoms with Crippen LogP contribution >= 0.6 is 0 Å². The van der Waals surface area contributed by atoms with Gasteiger partial charge >= 0.3 is 0 Å². The summed E-state index contributed by atoms with van der Waals surface area (Å²) >= 11 is 0. The van der Waals surface area contributed by atoms with Gasteiger partial charge < -0.3 is 15.4 Å². The van der Waals surface area contributed by atoms with Crippen LogP contribution in [0.3, 0.4) is 0 Å². The highest BCUT2D eigenvalue weighted by Crippen LogP contribution is 2.19. The lowest BCUT2D eigenvalue weighted by molar-refractivity contribution is -0.117. The number of carbonyl (C=O) groups excluding carboxylic acids is 2. The molecule has 2 heterocycles. The van der Waals surface area contributed by atoms with Gasteiger partial charge in [-0.3, -0.25) is 14.6 Å². The predicted molar refractivity (Wildman–Crippen MR) is 98.6 cm³/mol. The highest BCUT2D eigenvalue weighted by molar-refractivity contribution is 5.93. The number of nitrogens with one attached hydrogen (secondary N) is 2. The second-order valence-electron chi connectivity index (χ2n) is 6.43. The van der Waals surface area contributed by atoms with Gasteiger partial charge in [-0.1, -0.05) is 12.1 Å². The first-order valence-corrected chi connectivity index (χ1v) is 8.85. The molecule has 1 aromatic heterocycles. The van der Waals surface area contributed by atoms with Crippen molar-refractivity contribution in [3.8, 4) is 0 Å². The van der Waals surface area contributed by atoms with Crippen molar-refractivity contribution in [2.75, 3.05) is 18.5 Å². The Labute approximate surface area is 153 Å². The lowest BCUT2D eigenvalue weighted by Crippen LogP contribution is -2.23. The van der Waals surface area contributed by atoms with Crippen molar-refractivity contribution in [2.45, 2.75) is 25.8 Å². The zero-order valence-corrected chi connectivity index (χ0v) is 14.6. The average molecular weight is 353 g/mol. The molecule has 2 amide bonds. The van der Waals surface area contributed by atoms with Crippen LogP contribution in [0.5, 0.6) is 0 Å². The van der Waals surface area contributed by atoms with E-state index in [9.17, 15) is 9.59 Å². The maximum absolute atomic E-state index is 12.1. The van der Waals surface area contributed by atoms with Crippen LogP contribution in [0.25, 0.3) is 0 Å². The number of pyridine rings is 1. The normalized spacial score (nSPS) is 14.6. The summed E-state index contributed by atoms with van der Waals surface area (Å²) in [5, 5.41) is 5.78. The molecule has 136 valence electrons. The molecule has 0 atom stereocenters. The predicted octanol–water partition coefficient (Wildman–Crippen LogP) is 2.77. The molecule has 0 spiro atoms. The number of amides is 2. The molecule has 6 nitrogen and oxygen atoms in total. The number of nitrogens with zero attached hydrogens (tertiary/aromatic N) is 1. The Morgan fingerprint density at radius 3 is 2.58 bits per heavy atom. The lowest BCUT2D eigenvalue weighted by Gasteiger charge is -2.21. The summed E-state index contributed by atoms with van der Waals surface area (Å²) in [6, 6.07) is 11.0. The number of aromatic nitrogens is 1. The van der Waals surface area contributed by atoms with Crippen molar-refractivity contribution in [3.63, 3.8) is 0 Å². The summed E-state index contributed by atoms with van der Waals surface area (Å²) < 4.78 is 5.32. The van der Waals surface area contributed by atoms with Crippen LogP contribution in [0.2, 0.25) is 0 Å². The second kappa shape index (κ2) is 9.10. The monoisotopic (exact) mass is 353 g/mol. The third-order valence-corrected chi connectivity index (χ3v) is 4.43. The number of hydrogen-bond donors (Lipinski definition) is 2. The van der Waals surface area contributed by atoms with Crippen LogP contribution in [0, 0.1) is 5.92 Å². The van der Waals surface area contributed by atoms with Crippen LogP contribution in [0.4, 0.5) is 5.69 Å². The van der Waals surface area contributed by atoms with Gasteiger partial charge in [-0.2, -0.15) is 0 Å². The molecular formula is C20H23N3O3. The van der Waals surface area contributed by atoms with Gasteiger partial charge in [-0.25, -0.2) is 0 Å². The van der Waals surface area contributed by atoms with Crippen molar-refractivity contribution >= 4 is 17.5 Å². The van der Waals surface area contributed by atoms with Gasteiger partial charge in [-0.15, -0.1) is 0 Å². The SMILES string of the molecule is O=C(CC1CCOCC1)Nc1ccc(CNC(=O)c2cccnc2)cc1. The van der Waals surface area contributed by atoms with Crippen LogP contribution in [0.15, 0.2) is 48.8 Å². The third-order valence-electron chi connectivity index (χ3n) is 4.43. The lowest BCUT2D eigenvalue weighted by atomic mass is 9.96. The van der Waals surface area contributed by atoms with Crippen molar-refractivity contribution < 1.29 is 14.3 Å². The molecule has 1 aliphatic heterocycles. The molecule has 2 aromatic rings. The Hall–Kier alpha value is -2.73. The molecule has 1 aliphatic rings. The van der Waals surface area contributed by atoms with Crippen LogP contribution < -0.4 is 10.6 Å². The molecule has 0 aliphatic carbocycles. The maximum Gasteiger partial charge on any atom is 0.253 e. The van der Waals surface area contributed by atoms with E-state index < -0.39 is 0 Å². The Morgan fingerprint density at radius 1 is 1.12 bits per heavy atom. The molecule has 0 saturated carbocycles. The zero-order chi connectivity index (χ0) is 18.2. The van der Waals surface area contributed by atoms with Crippen LogP contribution in [-0.2, 0) is 16.1 Å². The Balaban J connectivity index is 1.45. The molecule has 3 rings (SSSR count). The molecule has 2 N–H and O–H groups in total. The fourth-order valence-electron chi connectivity index (χ4n) is 2.91. The van der Waals surface area contributed by atoms with Crippen molar-refractivity contribution in [1.29, 1.82) is 0 Å². The molecule has 26 heavy (non-hydrogen) atoms. The first-order valence-electron chi connectivity index (χ1n) is 8.85. The zero-order valence-electron chi connectivity index (χ0n) is 14.6. The van der Waals surface area contributed by atoms with Gasteiger partial charge in [0.15, 0.2) is 0 Å². The largest absolute Gasteiger partial charge is 0.381 e. The minimum atomic E-state index is -0.160. The standard InChI is InChI=1S/C20H23N3O3/c24-19(12-15-7-10-26-11-8-15)23-18-5-3-16(4-6-18)13-22-20(25)17-2-1-9-21-14-17/h1-6,9,14-15H,7-8,10-13H2,(H,22,25)(H,23,24). The topological polar surface area (TPSA) is 80.3 Å². The maximum atomic E-state index is 12.1. The van der Waals surface area contributed by atoms with E-state index in [1.54, 1.807) is 18.3 Å². The number of rotatable bonds is 6. The quantitative estimate of drug-likeness (QED) is 0.837. The van der Waals surface area contributed by atoms with Gasteiger partial charge in [0.2, 0.25) is 5.91 Å². The second-order valence-corrected chi connectivity index (χ2v) is 6.43. The Kier molecular flexibility index (Phi) is 6.33. The molecule has 1 fully saturated rings. The van der Waals surface area contributed by atoms with E-state index in [4.69, 9.17) is 4.74 Å². The summed E-state index contributed by atoms with van der Waals surface area (Å²) in [5.74, 6) is 0.284. The van der Waals surface area contributed by atoms with E-state index in [0.717, 1.165) is 37.3 Å². The number of benzene rings is 1. The molecule has 6 heteroatoms. The molecule has 0 bridgehead atoms. The highest BCUT2D eigenvalue weighted by Gasteiger charge is 2.17. The van der Waals surface area contributed by atoms with Crippen LogP contribution in [0.1, 0.15) is 35.2 Å². The van der Waals surface area contributed by atoms with E-state index in [0.29, 0.717) is 24.4 Å². The minimum Gasteiger partial charge on any atom is -0.381 e. The summed E-state index contributed by atoms with van der Waals surface area (Å²) in [4.78, 5) is 28.1. The molecule has 0 unspecified atom stereocenters. The van der Waals surface area contributed by atoms with E-state index in [1.165, 1.54) is 6.20 Å². The fraction of sp³-hybridized carbons (Fsp3) is 0.350. The average Bonchev–Trinajstić information content (AvgIpc) is 2.68. The van der Waals surface area contributed by atoms with E-state index in [-0.39, 0.29) is 11.8 Å². The van der Waals surface area contributed by atoms with Gasteiger partial charge in [0, 0.05) is 44.3 Å². The minimum absolute atomic E-state index is 0.0366. The molecular weight excluding hydrogens is 330 g/mol. The van der Waals surface area contributed by atoms with Crippen molar-refractivity contribution in [2.24, 2.45) is 5.92 Å². The first kappa shape index (κ1) is 18.1. The highest BCUT2D eigenvalue weighted by atomic mass is 16.5. The summed E-state index contributed by atoms with van der Waals surface area (Å²) in [5.41, 5.74) is 2.26. The number of anilines is 1. The van der Waals surface area contributed by atoms with Gasteiger partial charge in [-0.05, 0) is 48.6 Å². The smallest absolute Gasteiger partial charge is 0.253 e. The van der Waals surface area contributed by atoms with Gasteiger partial charge in [0.05, 0.1) is 5.56 Å². The van der Waals surface area contributed by atoms with Gasteiger partial charge in [0.25, 0.3) is 5.91 Å². The number of ether oxygens (including phenoxy) is 1. The molecule has 1 aromatic carbocycles. The Morgan fingerprint density at radius 2 is 1.88 bits per heavy atom. The van der Waals surface area contributed by atoms with Crippen LogP contribution in [-0.4, -0.2) is 30.0 Å². The fourth-order valence-corrected chi connectivity index (χ4v) is 2.91. The summed E-state index contributed by atoms with van der Waals surface area (Å²) in [6.07, 6.45) is 5.59. The third kappa shape index (κ3) is 5.39. The van der Waals surface area contributed by atoms with E-state index in [1.807, 2.05) is 24.3 Å². The van der Waals surface area contributed by atoms with E-state index in [2.05, 4.69) is 15.6 Å². The first-order chi connectivity index (χ1) is 12.7. The number of carbonyl (C=O) groups is 2. The summed E-state index contributed by atoms with van der Waals surface area (Å²) in [7, 11) is 0. The van der Waals surface area contributed by atoms with Crippen molar-refractivity contribution in [3.05, 3.63) is 59.9 Å². The van der Waals surface area contributed by atoms with Crippen molar-refractivity contribution in [1.82, 2.24) is 10.3 Å². The molecule has 0 radical (unpaired) electrons. The molecule has 1 saturated heterocycles. The van der Waals surface area contributed by atoms with Gasteiger partial charge in [0.1, 0.15) is 0 Å². The Bertz CT molecular complexity index is 726. The van der Waals surface area contributed by atoms with E-state index >= 15 is 0 Å². The number of hydrogen-bond acceptors (Lipinski definition) is 4. The summed E-state index contributed by atoms with van der Waals surface area (Å²) in [6.45, 7) is 1.92.